The summed E-state index contributed by atoms with van der Waals surface area (Å²) in [5.74, 6) is -0.466. The third kappa shape index (κ3) is 7.56. The minimum Gasteiger partial charge on any atom is -0.481 e. The van der Waals surface area contributed by atoms with Crippen molar-refractivity contribution in [1.82, 2.24) is 19.6 Å². The van der Waals surface area contributed by atoms with Gasteiger partial charge in [-0.2, -0.15) is 0 Å². The van der Waals surface area contributed by atoms with E-state index in [4.69, 9.17) is 9.47 Å². The van der Waals surface area contributed by atoms with Gasteiger partial charge in [0.1, 0.15) is 0 Å². The van der Waals surface area contributed by atoms with Crippen LogP contribution in [0.4, 0.5) is 0 Å². The lowest BCUT2D eigenvalue weighted by molar-refractivity contribution is -0.144. The van der Waals surface area contributed by atoms with Crippen molar-refractivity contribution in [3.63, 3.8) is 0 Å². The summed E-state index contributed by atoms with van der Waals surface area (Å²) >= 11 is 0. The van der Waals surface area contributed by atoms with Crippen LogP contribution in [0.15, 0.2) is 18.2 Å². The molecule has 10 nitrogen and oxygen atoms in total. The number of carboxylic acid groups (broad SMARTS) is 1. The molecule has 42 heavy (non-hydrogen) atoms. The molecule has 3 atom stereocenters. The molecule has 0 unspecified atom stereocenters. The number of fused-ring (bicyclic) bond motifs is 1. The van der Waals surface area contributed by atoms with Gasteiger partial charge in [-0.15, -0.1) is 0 Å². The van der Waals surface area contributed by atoms with E-state index in [1.54, 1.807) is 0 Å². The molecule has 4 rings (SSSR count). The Morgan fingerprint density at radius 2 is 1.79 bits per heavy atom. The Kier molecular flexibility index (Phi) is 10.8. The Hall–Kier alpha value is -2.85. The second kappa shape index (κ2) is 14.1. The molecule has 0 aliphatic carbocycles. The van der Waals surface area contributed by atoms with Crippen LogP contribution in [-0.4, -0.2) is 115 Å². The van der Waals surface area contributed by atoms with Crippen molar-refractivity contribution in [3.8, 4) is 11.5 Å². The average Bonchev–Trinajstić information content (AvgIpc) is 3.62. The molecule has 0 radical (unpaired) electrons. The lowest BCUT2D eigenvalue weighted by Crippen LogP contribution is -2.46. The first-order valence-corrected chi connectivity index (χ1v) is 15.6. The maximum Gasteiger partial charge on any atom is 0.308 e. The van der Waals surface area contributed by atoms with Crippen molar-refractivity contribution in [3.05, 3.63) is 23.8 Å². The van der Waals surface area contributed by atoms with E-state index in [9.17, 15) is 19.5 Å². The smallest absolute Gasteiger partial charge is 0.308 e. The monoisotopic (exact) mass is 586 g/mol. The summed E-state index contributed by atoms with van der Waals surface area (Å²) in [5.41, 5.74) is 0.482. The summed E-state index contributed by atoms with van der Waals surface area (Å²) in [5, 5.41) is 10.5. The van der Waals surface area contributed by atoms with Crippen LogP contribution in [-0.2, 0) is 14.4 Å². The number of carbonyl (C=O) groups excluding carboxylic acids is 2. The van der Waals surface area contributed by atoms with Crippen molar-refractivity contribution in [1.29, 1.82) is 0 Å². The summed E-state index contributed by atoms with van der Waals surface area (Å²) in [6.07, 6.45) is 5.19. The number of ether oxygens (including phenoxy) is 2. The van der Waals surface area contributed by atoms with Crippen LogP contribution in [0.25, 0.3) is 0 Å². The van der Waals surface area contributed by atoms with E-state index in [0.717, 1.165) is 44.2 Å². The third-order valence-electron chi connectivity index (χ3n) is 9.18. The van der Waals surface area contributed by atoms with Crippen molar-refractivity contribution in [2.45, 2.75) is 71.3 Å². The predicted octanol–water partition coefficient (Wildman–Crippen LogP) is 3.50. The molecule has 0 aromatic heterocycles. The largest absolute Gasteiger partial charge is 0.481 e. The molecule has 2 amide bonds. The van der Waals surface area contributed by atoms with Gasteiger partial charge >= 0.3 is 5.97 Å². The van der Waals surface area contributed by atoms with E-state index in [-0.39, 0.29) is 42.5 Å². The van der Waals surface area contributed by atoms with Gasteiger partial charge in [0.05, 0.1) is 12.5 Å². The van der Waals surface area contributed by atoms with Crippen LogP contribution in [0.3, 0.4) is 0 Å². The van der Waals surface area contributed by atoms with Gasteiger partial charge in [0.25, 0.3) is 0 Å². The summed E-state index contributed by atoms with van der Waals surface area (Å²) in [7, 11) is 4.11. The SMILES string of the molecule is CCCCN(CCCCN(C)C)C(=O)CN1C[C@H](c2ccc3c(c2)OCO3)[C@@H](C(=O)O)[C@@H]1CCN1CCC(C)(C)C1=O. The van der Waals surface area contributed by atoms with Crippen molar-refractivity contribution in [2.24, 2.45) is 11.3 Å². The minimum atomic E-state index is -0.878. The molecular formula is C32H50N4O6. The number of rotatable bonds is 15. The lowest BCUT2D eigenvalue weighted by Gasteiger charge is -2.31. The fourth-order valence-electron chi connectivity index (χ4n) is 6.60. The lowest BCUT2D eigenvalue weighted by atomic mass is 9.84. The third-order valence-corrected chi connectivity index (χ3v) is 9.18. The molecule has 3 aliphatic rings. The molecule has 1 aromatic carbocycles. The molecule has 2 saturated heterocycles. The molecule has 2 fully saturated rings. The number of aliphatic carboxylic acids is 1. The zero-order valence-electron chi connectivity index (χ0n) is 26.1. The molecule has 0 saturated carbocycles. The number of amides is 2. The van der Waals surface area contributed by atoms with E-state index >= 15 is 0 Å². The number of nitrogens with zero attached hydrogens (tertiary/aromatic N) is 4. The summed E-state index contributed by atoms with van der Waals surface area (Å²) in [4.78, 5) is 47.7. The van der Waals surface area contributed by atoms with Gasteiger partial charge < -0.3 is 29.3 Å². The van der Waals surface area contributed by atoms with Crippen molar-refractivity contribution >= 4 is 17.8 Å². The zero-order valence-corrected chi connectivity index (χ0v) is 26.1. The van der Waals surface area contributed by atoms with Crippen molar-refractivity contribution in [2.75, 3.05) is 66.7 Å². The van der Waals surface area contributed by atoms with Crippen LogP contribution >= 0.6 is 0 Å². The molecule has 3 aliphatic heterocycles. The number of unbranched alkanes of at least 4 members (excludes halogenated alkanes) is 2. The Balaban J connectivity index is 1.54. The Bertz CT molecular complexity index is 1110. The number of carboxylic acids is 1. The van der Waals surface area contributed by atoms with Crippen LogP contribution in [0.1, 0.15) is 70.8 Å². The number of carbonyl (C=O) groups is 3. The maximum atomic E-state index is 13.8. The average molecular weight is 587 g/mol. The highest BCUT2D eigenvalue weighted by molar-refractivity contribution is 5.84. The molecule has 1 aromatic rings. The van der Waals surface area contributed by atoms with Gasteiger partial charge in [-0.3, -0.25) is 19.3 Å². The summed E-state index contributed by atoms with van der Waals surface area (Å²) in [6.45, 7) is 10.4. The maximum absolute atomic E-state index is 13.8. The highest BCUT2D eigenvalue weighted by Crippen LogP contribution is 2.43. The van der Waals surface area contributed by atoms with Gasteiger partial charge in [0.15, 0.2) is 11.5 Å². The van der Waals surface area contributed by atoms with Crippen LogP contribution in [0.5, 0.6) is 11.5 Å². The summed E-state index contributed by atoms with van der Waals surface area (Å²) in [6, 6.07) is 5.27. The zero-order chi connectivity index (χ0) is 30.4. The molecule has 234 valence electrons. The van der Waals surface area contributed by atoms with Crippen LogP contribution < -0.4 is 9.47 Å². The van der Waals surface area contributed by atoms with E-state index in [2.05, 4.69) is 30.8 Å². The highest BCUT2D eigenvalue weighted by Gasteiger charge is 2.48. The van der Waals surface area contributed by atoms with E-state index in [0.29, 0.717) is 50.6 Å². The van der Waals surface area contributed by atoms with Gasteiger partial charge in [0.2, 0.25) is 18.6 Å². The number of hydrogen-bond donors (Lipinski definition) is 1. The highest BCUT2D eigenvalue weighted by atomic mass is 16.7. The van der Waals surface area contributed by atoms with E-state index < -0.39 is 11.9 Å². The quantitative estimate of drug-likeness (QED) is 0.312. The van der Waals surface area contributed by atoms with Gasteiger partial charge in [-0.1, -0.05) is 33.3 Å². The summed E-state index contributed by atoms with van der Waals surface area (Å²) < 4.78 is 11.1. The second-order valence-corrected chi connectivity index (χ2v) is 13.0. The Morgan fingerprint density at radius 3 is 2.45 bits per heavy atom. The molecule has 10 heteroatoms. The second-order valence-electron chi connectivity index (χ2n) is 13.0. The molecule has 1 N–H and O–H groups in total. The van der Waals surface area contributed by atoms with Crippen LogP contribution in [0.2, 0.25) is 0 Å². The topological polar surface area (TPSA) is 103 Å². The van der Waals surface area contributed by atoms with Crippen LogP contribution in [0, 0.1) is 11.3 Å². The number of likely N-dealkylation sites (tertiary alicyclic amines) is 2. The van der Waals surface area contributed by atoms with E-state index in [1.165, 1.54) is 0 Å². The first kappa shape index (κ1) is 32.1. The standard InChI is InChI=1S/C32H50N4O6/c1-6-7-15-34(16-9-8-14-33(4)5)28(37)21-36-20-24(23-10-11-26-27(19-23)42-22-41-26)29(30(38)39)25(36)12-17-35-18-13-32(2,3)31(35)40/h10-11,19,24-25,29H,6-9,12-18,20-22H2,1-5H3,(H,38,39)/t24-,25+,29-/m1/s1. The van der Waals surface area contributed by atoms with Gasteiger partial charge in [-0.25, -0.2) is 0 Å². The molecule has 3 heterocycles. The Labute approximate surface area is 250 Å². The molecular weight excluding hydrogens is 536 g/mol. The van der Waals surface area contributed by atoms with Crippen molar-refractivity contribution < 1.29 is 29.0 Å². The first-order chi connectivity index (χ1) is 20.0. The Morgan fingerprint density at radius 1 is 1.07 bits per heavy atom. The fourth-order valence-corrected chi connectivity index (χ4v) is 6.60. The molecule has 0 spiro atoms. The van der Waals surface area contributed by atoms with Gasteiger partial charge in [-0.05, 0) is 70.4 Å². The number of hydrogen-bond acceptors (Lipinski definition) is 7. The number of benzene rings is 1. The predicted molar refractivity (Wildman–Crippen MR) is 161 cm³/mol. The first-order valence-electron chi connectivity index (χ1n) is 15.6. The normalized spacial score (nSPS) is 23.2. The minimum absolute atomic E-state index is 0.0483. The molecule has 0 bridgehead atoms. The van der Waals surface area contributed by atoms with E-state index in [1.807, 2.05) is 41.8 Å². The van der Waals surface area contributed by atoms with Gasteiger partial charge in [0, 0.05) is 50.1 Å². The fraction of sp³-hybridized carbons (Fsp3) is 0.719.